The predicted octanol–water partition coefficient (Wildman–Crippen LogP) is 1.82. The van der Waals surface area contributed by atoms with Gasteiger partial charge >= 0.3 is 5.97 Å². The molecule has 1 aromatic heterocycles. The van der Waals surface area contributed by atoms with E-state index < -0.39 is 35.7 Å². The van der Waals surface area contributed by atoms with Crippen molar-refractivity contribution in [3.05, 3.63) is 27.7 Å². The Hall–Kier alpha value is -2.33. The van der Waals surface area contributed by atoms with Gasteiger partial charge in [-0.25, -0.2) is 9.78 Å². The number of carbonyl (C=O) groups is 2. The van der Waals surface area contributed by atoms with Crippen LogP contribution in [0.4, 0.5) is 5.13 Å². The number of hydrogen-bond donors (Lipinski definition) is 4. The highest BCUT2D eigenvalue weighted by atomic mass is 79.9. The Kier molecular flexibility index (Phi) is 4.83. The fraction of sp³-hybridized carbons (Fsp3) is 0.0833. The number of aromatic nitrogens is 1. The largest absolute Gasteiger partial charge is 0.504 e. The van der Waals surface area contributed by atoms with Crippen LogP contribution in [0, 0.1) is 0 Å². The first kappa shape index (κ1) is 16.0. The van der Waals surface area contributed by atoms with Gasteiger partial charge in [-0.15, -0.1) is 0 Å². The van der Waals surface area contributed by atoms with E-state index in [-0.39, 0.29) is 5.56 Å². The zero-order valence-corrected chi connectivity index (χ0v) is 13.1. The van der Waals surface area contributed by atoms with Gasteiger partial charge in [-0.3, -0.25) is 10.1 Å². The molecule has 10 heteroatoms. The third-order valence-electron chi connectivity index (χ3n) is 2.36. The first-order chi connectivity index (χ1) is 10.4. The zero-order valence-electron chi connectivity index (χ0n) is 10.7. The van der Waals surface area contributed by atoms with E-state index in [1.165, 1.54) is 17.5 Å². The number of rotatable bonds is 4. The van der Waals surface area contributed by atoms with Gasteiger partial charge in [0, 0.05) is 0 Å². The second-order valence-electron chi connectivity index (χ2n) is 3.96. The van der Waals surface area contributed by atoms with E-state index in [0.717, 1.165) is 15.9 Å². The number of thiazole rings is 1. The lowest BCUT2D eigenvalue weighted by Crippen LogP contribution is -2.20. The van der Waals surface area contributed by atoms with E-state index in [2.05, 4.69) is 26.2 Å². The minimum Gasteiger partial charge on any atom is -0.504 e. The fourth-order valence-corrected chi connectivity index (χ4v) is 2.53. The molecule has 1 amide bonds. The van der Waals surface area contributed by atoms with Gasteiger partial charge in [-0.1, -0.05) is 11.3 Å². The van der Waals surface area contributed by atoms with Crippen LogP contribution in [0.3, 0.4) is 0 Å². The fourth-order valence-electron chi connectivity index (χ4n) is 1.40. The standard InChI is InChI=1S/C12H9BrN2O6S/c13-8-3-14-12(22-8)15-9(18)4-21-11(20)5-1-6(16)10(19)7(17)2-5/h1-3,16-17,19H,4H2,(H,14,15,18). The molecule has 0 bridgehead atoms. The minimum absolute atomic E-state index is 0.211. The molecule has 0 radical (unpaired) electrons. The van der Waals surface area contributed by atoms with E-state index in [4.69, 9.17) is 4.74 Å². The number of benzene rings is 1. The van der Waals surface area contributed by atoms with Gasteiger partial charge in [0.15, 0.2) is 29.0 Å². The molecular weight excluding hydrogens is 380 g/mol. The molecule has 0 saturated heterocycles. The van der Waals surface area contributed by atoms with Crippen molar-refractivity contribution >= 4 is 44.3 Å². The smallest absolute Gasteiger partial charge is 0.338 e. The summed E-state index contributed by atoms with van der Waals surface area (Å²) in [6, 6.07) is 1.82. The highest BCUT2D eigenvalue weighted by Crippen LogP contribution is 2.35. The molecule has 1 aromatic carbocycles. The summed E-state index contributed by atoms with van der Waals surface area (Å²) >= 11 is 4.38. The van der Waals surface area contributed by atoms with E-state index in [0.29, 0.717) is 5.13 Å². The number of halogens is 1. The predicted molar refractivity (Wildman–Crippen MR) is 80.2 cm³/mol. The lowest BCUT2D eigenvalue weighted by molar-refractivity contribution is -0.119. The van der Waals surface area contributed by atoms with Crippen molar-refractivity contribution in [3.8, 4) is 17.2 Å². The Bertz CT molecular complexity index is 709. The van der Waals surface area contributed by atoms with E-state index in [1.54, 1.807) is 0 Å². The molecule has 0 fully saturated rings. The van der Waals surface area contributed by atoms with Crippen molar-refractivity contribution < 1.29 is 29.6 Å². The molecule has 116 valence electrons. The number of nitrogens with zero attached hydrogens (tertiary/aromatic N) is 1. The van der Waals surface area contributed by atoms with Gasteiger partial charge in [0.25, 0.3) is 5.91 Å². The third-order valence-corrected chi connectivity index (χ3v) is 3.76. The van der Waals surface area contributed by atoms with Crippen LogP contribution in [0.15, 0.2) is 22.1 Å². The summed E-state index contributed by atoms with van der Waals surface area (Å²) in [5.41, 5.74) is -0.211. The summed E-state index contributed by atoms with van der Waals surface area (Å²) in [5, 5.41) is 30.5. The second-order valence-corrected chi connectivity index (χ2v) is 6.37. The van der Waals surface area contributed by atoms with Crippen molar-refractivity contribution in [2.45, 2.75) is 0 Å². The van der Waals surface area contributed by atoms with Crippen molar-refractivity contribution in [3.63, 3.8) is 0 Å². The molecule has 2 rings (SSSR count). The Morgan fingerprint density at radius 1 is 1.27 bits per heavy atom. The monoisotopic (exact) mass is 388 g/mol. The molecule has 0 spiro atoms. The van der Waals surface area contributed by atoms with Crippen LogP contribution in [0.5, 0.6) is 17.2 Å². The summed E-state index contributed by atoms with van der Waals surface area (Å²) in [7, 11) is 0. The molecule has 0 aliphatic heterocycles. The summed E-state index contributed by atoms with van der Waals surface area (Å²) in [6.07, 6.45) is 1.51. The normalized spacial score (nSPS) is 10.2. The number of carbonyl (C=O) groups excluding carboxylic acids is 2. The van der Waals surface area contributed by atoms with Gasteiger partial charge in [-0.05, 0) is 28.1 Å². The van der Waals surface area contributed by atoms with E-state index in [9.17, 15) is 24.9 Å². The van der Waals surface area contributed by atoms with Gasteiger partial charge < -0.3 is 20.1 Å². The van der Waals surface area contributed by atoms with Crippen molar-refractivity contribution in [1.82, 2.24) is 4.98 Å². The van der Waals surface area contributed by atoms with E-state index in [1.807, 2.05) is 0 Å². The van der Waals surface area contributed by atoms with Gasteiger partial charge in [0.1, 0.15) is 0 Å². The molecule has 2 aromatic rings. The van der Waals surface area contributed by atoms with E-state index >= 15 is 0 Å². The Morgan fingerprint density at radius 2 is 1.91 bits per heavy atom. The maximum Gasteiger partial charge on any atom is 0.338 e. The molecule has 0 atom stereocenters. The third kappa shape index (κ3) is 3.86. The molecular formula is C12H9BrN2O6S. The number of nitrogens with one attached hydrogen (secondary N) is 1. The van der Waals surface area contributed by atoms with Crippen LogP contribution in [-0.4, -0.2) is 38.8 Å². The molecule has 0 saturated carbocycles. The van der Waals surface area contributed by atoms with Gasteiger partial charge in [0.05, 0.1) is 15.5 Å². The number of phenolic OH excluding ortho intramolecular Hbond substituents is 3. The van der Waals surface area contributed by atoms with Crippen molar-refractivity contribution in [2.24, 2.45) is 0 Å². The zero-order chi connectivity index (χ0) is 16.3. The summed E-state index contributed by atoms with van der Waals surface area (Å²) in [5.74, 6) is -3.64. The topological polar surface area (TPSA) is 129 Å². The molecule has 0 unspecified atom stereocenters. The quantitative estimate of drug-likeness (QED) is 0.464. The first-order valence-corrected chi connectivity index (χ1v) is 7.31. The molecule has 22 heavy (non-hydrogen) atoms. The second kappa shape index (κ2) is 6.62. The van der Waals surface area contributed by atoms with Crippen LogP contribution in [0.2, 0.25) is 0 Å². The van der Waals surface area contributed by atoms with Crippen LogP contribution < -0.4 is 5.32 Å². The number of esters is 1. The molecule has 8 nitrogen and oxygen atoms in total. The number of anilines is 1. The molecule has 4 N–H and O–H groups in total. The van der Waals surface area contributed by atoms with Crippen LogP contribution in [-0.2, 0) is 9.53 Å². The summed E-state index contributed by atoms with van der Waals surface area (Å²) in [4.78, 5) is 27.1. The lowest BCUT2D eigenvalue weighted by Gasteiger charge is -2.06. The average Bonchev–Trinajstić information content (AvgIpc) is 2.86. The lowest BCUT2D eigenvalue weighted by atomic mass is 10.2. The van der Waals surface area contributed by atoms with Gasteiger partial charge in [0.2, 0.25) is 0 Å². The number of aromatic hydroxyl groups is 3. The number of amides is 1. The summed E-state index contributed by atoms with van der Waals surface area (Å²) < 4.78 is 5.46. The van der Waals surface area contributed by atoms with Gasteiger partial charge in [-0.2, -0.15) is 0 Å². The number of hydrogen-bond acceptors (Lipinski definition) is 8. The SMILES string of the molecule is O=C(COC(=O)c1cc(O)c(O)c(O)c1)Nc1ncc(Br)s1. The molecule has 0 aliphatic rings. The molecule has 1 heterocycles. The Morgan fingerprint density at radius 3 is 2.45 bits per heavy atom. The average molecular weight is 389 g/mol. The number of phenols is 3. The Labute approximate surface area is 136 Å². The van der Waals surface area contributed by atoms with Crippen LogP contribution in [0.1, 0.15) is 10.4 Å². The maximum absolute atomic E-state index is 11.7. The van der Waals surface area contributed by atoms with Crippen molar-refractivity contribution in [2.75, 3.05) is 11.9 Å². The minimum atomic E-state index is -0.943. The van der Waals surface area contributed by atoms with Crippen LogP contribution >= 0.6 is 27.3 Å². The highest BCUT2D eigenvalue weighted by molar-refractivity contribution is 9.11. The van der Waals surface area contributed by atoms with Crippen LogP contribution in [0.25, 0.3) is 0 Å². The highest BCUT2D eigenvalue weighted by Gasteiger charge is 2.16. The summed E-state index contributed by atoms with van der Waals surface area (Å²) in [6.45, 7) is -0.571. The first-order valence-electron chi connectivity index (χ1n) is 5.70. The van der Waals surface area contributed by atoms with Crippen molar-refractivity contribution in [1.29, 1.82) is 0 Å². The maximum atomic E-state index is 11.7. The molecule has 0 aliphatic carbocycles. The number of ether oxygens (including phenoxy) is 1. The Balaban J connectivity index is 1.93.